The molecule has 4 nitrogen and oxygen atoms in total. The van der Waals surface area contributed by atoms with Gasteiger partial charge in [-0.25, -0.2) is 4.39 Å². The Balaban J connectivity index is 3.52. The van der Waals surface area contributed by atoms with E-state index in [4.69, 9.17) is 11.7 Å². The van der Waals surface area contributed by atoms with Gasteiger partial charge in [-0.15, -0.1) is 0 Å². The van der Waals surface area contributed by atoms with Crippen LogP contribution in [-0.2, 0) is 0 Å². The van der Waals surface area contributed by atoms with Gasteiger partial charge in [0, 0.05) is 0 Å². The van der Waals surface area contributed by atoms with Crippen molar-refractivity contribution in [2.75, 3.05) is 0 Å². The molecule has 3 unspecified atom stereocenters. The molecule has 116 valence electrons. The maximum Gasteiger partial charge on any atom is 0.397 e. The molecule has 21 heavy (non-hydrogen) atoms. The Morgan fingerprint density at radius 1 is 1.14 bits per heavy atom. The molecule has 0 aliphatic carbocycles. The summed E-state index contributed by atoms with van der Waals surface area (Å²) < 4.78 is 78.4. The Morgan fingerprint density at radius 3 is 2.05 bits per heavy atom. The third-order valence-electron chi connectivity index (χ3n) is 2.69. The first-order valence-corrected chi connectivity index (χ1v) is 5.37. The molecule has 0 bridgehead atoms. The number of aromatic nitrogens is 1. The zero-order valence-electron chi connectivity index (χ0n) is 10.3. The third kappa shape index (κ3) is 3.25. The fourth-order valence-corrected chi connectivity index (χ4v) is 1.75. The summed E-state index contributed by atoms with van der Waals surface area (Å²) in [4.78, 5) is 4.96. The molecule has 10 heteroatoms. The number of nitrogens with zero attached hydrogens (tertiary/aromatic N) is 2. The number of rotatable bonds is 3. The van der Waals surface area contributed by atoms with Crippen molar-refractivity contribution in [1.82, 2.24) is 4.98 Å². The van der Waals surface area contributed by atoms with Crippen LogP contribution in [0, 0.1) is 30.1 Å². The van der Waals surface area contributed by atoms with Crippen molar-refractivity contribution >= 4 is 5.82 Å². The molecular weight excluding hydrogens is 306 g/mol. The zero-order chi connectivity index (χ0) is 16.5. The highest BCUT2D eigenvalue weighted by Gasteiger charge is 2.49. The van der Waals surface area contributed by atoms with Crippen LogP contribution in [0.15, 0.2) is 0 Å². The number of alkyl halides is 3. The van der Waals surface area contributed by atoms with E-state index in [9.17, 15) is 31.4 Å². The van der Waals surface area contributed by atoms with Crippen molar-refractivity contribution < 1.29 is 36.6 Å². The standard InChI is InChI=1S/C11H8F6N2O2/c1-3(20)5(11(15,16)17)8(21)4-6(12)9(14)19-10(18-2)7(4)13/h3,5,8,20-21H,1H3. The predicted octanol–water partition coefficient (Wildman–Crippen LogP) is 2.64. The van der Waals surface area contributed by atoms with Crippen LogP contribution in [0.4, 0.5) is 32.2 Å². The van der Waals surface area contributed by atoms with Gasteiger partial charge in [-0.1, -0.05) is 11.6 Å². The Kier molecular flexibility index (Phi) is 4.80. The molecule has 0 radical (unpaired) electrons. The fraction of sp³-hybridized carbons (Fsp3) is 0.455. The molecule has 1 aromatic rings. The van der Waals surface area contributed by atoms with Gasteiger partial charge in [0.25, 0.3) is 0 Å². The summed E-state index contributed by atoms with van der Waals surface area (Å²) in [7, 11) is 0. The number of hydrogen-bond acceptors (Lipinski definition) is 3. The minimum atomic E-state index is -5.22. The first-order valence-electron chi connectivity index (χ1n) is 5.37. The predicted molar refractivity (Wildman–Crippen MR) is 56.6 cm³/mol. The van der Waals surface area contributed by atoms with E-state index in [1.54, 1.807) is 0 Å². The normalized spacial score (nSPS) is 16.2. The van der Waals surface area contributed by atoms with Gasteiger partial charge in [0.1, 0.15) is 5.92 Å². The second-order valence-electron chi connectivity index (χ2n) is 4.13. The second-order valence-corrected chi connectivity index (χ2v) is 4.13. The highest BCUT2D eigenvalue weighted by molar-refractivity contribution is 5.42. The van der Waals surface area contributed by atoms with Gasteiger partial charge in [-0.05, 0) is 6.92 Å². The summed E-state index contributed by atoms with van der Waals surface area (Å²) in [6.07, 6.45) is -10.4. The van der Waals surface area contributed by atoms with E-state index in [0.717, 1.165) is 0 Å². The van der Waals surface area contributed by atoms with Crippen LogP contribution in [0.3, 0.4) is 0 Å². The van der Waals surface area contributed by atoms with Crippen LogP contribution in [0.5, 0.6) is 0 Å². The molecule has 1 rings (SSSR count). The summed E-state index contributed by atoms with van der Waals surface area (Å²) in [5.41, 5.74) is -1.70. The van der Waals surface area contributed by atoms with Crippen LogP contribution in [0.2, 0.25) is 0 Å². The van der Waals surface area contributed by atoms with E-state index in [0.29, 0.717) is 6.92 Å². The molecule has 0 aromatic carbocycles. The minimum absolute atomic E-state index is 0.643. The second kappa shape index (κ2) is 5.87. The van der Waals surface area contributed by atoms with Crippen molar-refractivity contribution in [2.24, 2.45) is 5.92 Å². The number of aliphatic hydroxyl groups is 2. The smallest absolute Gasteiger partial charge is 0.393 e. The topological polar surface area (TPSA) is 57.7 Å². The highest BCUT2D eigenvalue weighted by Crippen LogP contribution is 2.41. The Labute approximate surface area is 114 Å². The molecule has 3 atom stereocenters. The SMILES string of the molecule is [C-]#[N+]c1nc(F)c(F)c(C(O)C(C(C)O)C(F)(F)F)c1F. The Morgan fingerprint density at radius 2 is 1.67 bits per heavy atom. The lowest BCUT2D eigenvalue weighted by Crippen LogP contribution is -2.38. The molecule has 0 saturated carbocycles. The van der Waals surface area contributed by atoms with Gasteiger partial charge in [-0.3, -0.25) is 0 Å². The lowest BCUT2D eigenvalue weighted by Gasteiger charge is -2.28. The Hall–Kier alpha value is -1.86. The van der Waals surface area contributed by atoms with Crippen LogP contribution in [-0.4, -0.2) is 27.5 Å². The average molecular weight is 314 g/mol. The van der Waals surface area contributed by atoms with Crippen LogP contribution >= 0.6 is 0 Å². The van der Waals surface area contributed by atoms with Gasteiger partial charge in [0.05, 0.1) is 17.8 Å². The maximum absolute atomic E-state index is 13.7. The van der Waals surface area contributed by atoms with E-state index in [-0.39, 0.29) is 0 Å². The van der Waals surface area contributed by atoms with Gasteiger partial charge in [-0.2, -0.15) is 22.0 Å². The van der Waals surface area contributed by atoms with E-state index in [1.165, 1.54) is 0 Å². The van der Waals surface area contributed by atoms with Crippen molar-refractivity contribution in [3.63, 3.8) is 0 Å². The number of pyridine rings is 1. The number of hydrogen-bond donors (Lipinski definition) is 2. The molecule has 0 saturated heterocycles. The van der Waals surface area contributed by atoms with Gasteiger partial charge in [0.15, 0.2) is 5.82 Å². The third-order valence-corrected chi connectivity index (χ3v) is 2.69. The lowest BCUT2D eigenvalue weighted by atomic mass is 9.90. The fourth-order valence-electron chi connectivity index (χ4n) is 1.75. The Bertz CT molecular complexity index is 582. The van der Waals surface area contributed by atoms with Crippen molar-refractivity contribution in [3.8, 4) is 0 Å². The monoisotopic (exact) mass is 314 g/mol. The highest BCUT2D eigenvalue weighted by atomic mass is 19.4. The lowest BCUT2D eigenvalue weighted by molar-refractivity contribution is -0.225. The molecule has 0 aliphatic heterocycles. The number of halogens is 6. The van der Waals surface area contributed by atoms with Gasteiger partial charge >= 0.3 is 17.9 Å². The zero-order valence-corrected chi connectivity index (χ0v) is 10.3. The van der Waals surface area contributed by atoms with E-state index in [1.807, 2.05) is 0 Å². The van der Waals surface area contributed by atoms with Crippen molar-refractivity contribution in [2.45, 2.75) is 25.3 Å². The van der Waals surface area contributed by atoms with E-state index < -0.39 is 53.3 Å². The molecule has 0 amide bonds. The van der Waals surface area contributed by atoms with Crippen molar-refractivity contribution in [3.05, 3.63) is 34.6 Å². The number of aliphatic hydroxyl groups excluding tert-OH is 2. The summed E-state index contributed by atoms with van der Waals surface area (Å²) in [6, 6.07) is 0. The van der Waals surface area contributed by atoms with Gasteiger partial charge < -0.3 is 15.1 Å². The molecule has 1 aromatic heterocycles. The molecular formula is C11H8F6N2O2. The van der Waals surface area contributed by atoms with Crippen LogP contribution < -0.4 is 0 Å². The quantitative estimate of drug-likeness (QED) is 0.512. The van der Waals surface area contributed by atoms with Gasteiger partial charge in [0.2, 0.25) is 5.82 Å². The molecule has 0 aliphatic rings. The molecule has 1 heterocycles. The van der Waals surface area contributed by atoms with Crippen LogP contribution in [0.1, 0.15) is 18.6 Å². The van der Waals surface area contributed by atoms with Crippen molar-refractivity contribution in [1.29, 1.82) is 0 Å². The minimum Gasteiger partial charge on any atom is -0.393 e. The molecule has 0 spiro atoms. The first kappa shape index (κ1) is 17.2. The summed E-state index contributed by atoms with van der Waals surface area (Å²) >= 11 is 0. The van der Waals surface area contributed by atoms with Crippen LogP contribution in [0.25, 0.3) is 4.85 Å². The molecule has 2 N–H and O–H groups in total. The first-order chi connectivity index (χ1) is 9.52. The average Bonchev–Trinajstić information content (AvgIpc) is 2.31. The summed E-state index contributed by atoms with van der Waals surface area (Å²) in [5, 5.41) is 18.6. The molecule has 0 fully saturated rings. The van der Waals surface area contributed by atoms with E-state index >= 15 is 0 Å². The van der Waals surface area contributed by atoms with E-state index in [2.05, 4.69) is 9.83 Å². The summed E-state index contributed by atoms with van der Waals surface area (Å²) in [5.74, 6) is -10.4. The largest absolute Gasteiger partial charge is 0.397 e. The summed E-state index contributed by atoms with van der Waals surface area (Å²) in [6.45, 7) is 7.13. The maximum atomic E-state index is 13.7.